The molecule has 188 valence electrons. The summed E-state index contributed by atoms with van der Waals surface area (Å²) in [6.07, 6.45) is 3.35. The van der Waals surface area contributed by atoms with Crippen LogP contribution in [0.2, 0.25) is 5.02 Å². The molecule has 0 radical (unpaired) electrons. The van der Waals surface area contributed by atoms with Crippen molar-refractivity contribution in [2.75, 3.05) is 38.7 Å². The number of carbonyl (C=O) groups excluding carboxylic acids is 4. The number of carbonyl (C=O) groups is 4. The SMILES string of the molecule is COc1cc(/C=C2/SC(=O)N(CC(=O)N3CCCC3)C2=O)cc(Cl)c1OCC(=O)Nc1ccccc1. The highest BCUT2D eigenvalue weighted by molar-refractivity contribution is 8.18. The van der Waals surface area contributed by atoms with E-state index >= 15 is 0 Å². The van der Waals surface area contributed by atoms with Crippen molar-refractivity contribution in [3.05, 3.63) is 58.0 Å². The summed E-state index contributed by atoms with van der Waals surface area (Å²) in [5.74, 6) is -0.724. The minimum absolute atomic E-state index is 0.163. The second-order valence-electron chi connectivity index (χ2n) is 8.09. The zero-order valence-corrected chi connectivity index (χ0v) is 21.1. The first-order valence-corrected chi connectivity index (χ1v) is 12.4. The standard InChI is InChI=1S/C25H24ClN3O6S/c1-34-19-12-16(11-18(26)23(19)35-15-21(30)27-17-7-3-2-4-8-17)13-20-24(32)29(25(33)36-20)14-22(31)28-9-5-6-10-28/h2-4,7-8,11-13H,5-6,9-10,14-15H2,1H3,(H,27,30)/b20-13+. The van der Waals surface area contributed by atoms with Gasteiger partial charge in [0.15, 0.2) is 18.1 Å². The maximum atomic E-state index is 12.8. The van der Waals surface area contributed by atoms with Crippen LogP contribution in [0.4, 0.5) is 10.5 Å². The molecule has 0 aliphatic carbocycles. The molecule has 2 aromatic carbocycles. The number of thioether (sulfide) groups is 1. The first-order valence-electron chi connectivity index (χ1n) is 11.2. The van der Waals surface area contributed by atoms with Crippen molar-refractivity contribution in [2.24, 2.45) is 0 Å². The number of nitrogens with zero attached hydrogens (tertiary/aromatic N) is 2. The maximum absolute atomic E-state index is 12.8. The van der Waals surface area contributed by atoms with Gasteiger partial charge < -0.3 is 19.7 Å². The molecule has 0 bridgehead atoms. The number of nitrogens with one attached hydrogen (secondary N) is 1. The molecule has 0 aromatic heterocycles. The van der Waals surface area contributed by atoms with Crippen LogP contribution in [0.15, 0.2) is 47.4 Å². The van der Waals surface area contributed by atoms with E-state index in [-0.39, 0.29) is 46.4 Å². The van der Waals surface area contributed by atoms with Crippen molar-refractivity contribution < 1.29 is 28.7 Å². The second-order valence-corrected chi connectivity index (χ2v) is 9.49. The van der Waals surface area contributed by atoms with Crippen molar-refractivity contribution in [3.63, 3.8) is 0 Å². The molecular formula is C25H24ClN3O6S. The molecule has 0 atom stereocenters. The maximum Gasteiger partial charge on any atom is 0.294 e. The fourth-order valence-electron chi connectivity index (χ4n) is 3.81. The van der Waals surface area contributed by atoms with Crippen molar-refractivity contribution in [1.29, 1.82) is 0 Å². The third-order valence-corrected chi connectivity index (χ3v) is 6.77. The second kappa shape index (κ2) is 11.5. The molecule has 2 heterocycles. The molecule has 9 nitrogen and oxygen atoms in total. The van der Waals surface area contributed by atoms with Crippen LogP contribution in [-0.4, -0.2) is 66.1 Å². The molecular weight excluding hydrogens is 506 g/mol. The summed E-state index contributed by atoms with van der Waals surface area (Å²) in [4.78, 5) is 52.6. The first-order chi connectivity index (χ1) is 17.4. The number of hydrogen-bond donors (Lipinski definition) is 1. The van der Waals surface area contributed by atoms with Gasteiger partial charge in [0.2, 0.25) is 5.91 Å². The van der Waals surface area contributed by atoms with Crippen LogP contribution in [0.5, 0.6) is 11.5 Å². The summed E-state index contributed by atoms with van der Waals surface area (Å²) in [7, 11) is 1.42. The number of imide groups is 1. The van der Waals surface area contributed by atoms with Crippen LogP contribution in [0, 0.1) is 0 Å². The van der Waals surface area contributed by atoms with Gasteiger partial charge in [-0.15, -0.1) is 0 Å². The van der Waals surface area contributed by atoms with Crippen LogP contribution < -0.4 is 14.8 Å². The monoisotopic (exact) mass is 529 g/mol. The summed E-state index contributed by atoms with van der Waals surface area (Å²) in [6, 6.07) is 12.1. The Bertz CT molecular complexity index is 1210. The average molecular weight is 530 g/mol. The van der Waals surface area contributed by atoms with Crippen LogP contribution in [0.25, 0.3) is 6.08 Å². The van der Waals surface area contributed by atoms with Crippen LogP contribution in [0.3, 0.4) is 0 Å². The first kappa shape index (κ1) is 25.6. The molecule has 0 unspecified atom stereocenters. The highest BCUT2D eigenvalue weighted by Gasteiger charge is 2.37. The molecule has 2 aromatic rings. The smallest absolute Gasteiger partial charge is 0.294 e. The van der Waals surface area contributed by atoms with Crippen molar-refractivity contribution >= 4 is 58.1 Å². The predicted molar refractivity (Wildman–Crippen MR) is 137 cm³/mol. The minimum Gasteiger partial charge on any atom is -0.493 e. The number of para-hydroxylation sites is 1. The molecule has 2 aliphatic heterocycles. The van der Waals surface area contributed by atoms with E-state index < -0.39 is 11.1 Å². The molecule has 2 aliphatic rings. The third-order valence-electron chi connectivity index (χ3n) is 5.58. The number of halogens is 1. The van der Waals surface area contributed by atoms with Crippen molar-refractivity contribution in [1.82, 2.24) is 9.80 Å². The van der Waals surface area contributed by atoms with Crippen molar-refractivity contribution in [2.45, 2.75) is 12.8 Å². The lowest BCUT2D eigenvalue weighted by atomic mass is 10.1. The Morgan fingerprint density at radius 1 is 1.14 bits per heavy atom. The van der Waals surface area contributed by atoms with E-state index in [0.29, 0.717) is 24.3 Å². The summed E-state index contributed by atoms with van der Waals surface area (Å²) in [5.41, 5.74) is 1.13. The molecule has 4 rings (SSSR count). The number of amides is 4. The van der Waals surface area contributed by atoms with Gasteiger partial charge >= 0.3 is 0 Å². The van der Waals surface area contributed by atoms with Crippen LogP contribution >= 0.6 is 23.4 Å². The lowest BCUT2D eigenvalue weighted by molar-refractivity contribution is -0.135. The van der Waals surface area contributed by atoms with E-state index in [9.17, 15) is 19.2 Å². The Morgan fingerprint density at radius 3 is 2.56 bits per heavy atom. The Hall–Kier alpha value is -3.50. The fraction of sp³-hybridized carbons (Fsp3) is 0.280. The molecule has 1 N–H and O–H groups in total. The van der Waals surface area contributed by atoms with Crippen LogP contribution in [-0.2, 0) is 14.4 Å². The molecule has 4 amide bonds. The number of hydrogen-bond acceptors (Lipinski definition) is 7. The van der Waals surface area contributed by atoms with Gasteiger partial charge in [-0.25, -0.2) is 0 Å². The highest BCUT2D eigenvalue weighted by Crippen LogP contribution is 2.39. The van der Waals surface area contributed by atoms with Gasteiger partial charge in [0.25, 0.3) is 17.1 Å². The number of anilines is 1. The lowest BCUT2D eigenvalue weighted by Crippen LogP contribution is -2.40. The topological polar surface area (TPSA) is 105 Å². The fourth-order valence-corrected chi connectivity index (χ4v) is 4.92. The van der Waals surface area contributed by atoms with Gasteiger partial charge in [-0.1, -0.05) is 29.8 Å². The normalized spacial score (nSPS) is 16.6. The van der Waals surface area contributed by atoms with Gasteiger partial charge in [-0.3, -0.25) is 24.1 Å². The quantitative estimate of drug-likeness (QED) is 0.515. The van der Waals surface area contributed by atoms with E-state index in [0.717, 1.165) is 29.5 Å². The van der Waals surface area contributed by atoms with E-state index in [1.165, 1.54) is 19.3 Å². The van der Waals surface area contributed by atoms with Crippen LogP contribution in [0.1, 0.15) is 18.4 Å². The summed E-state index contributed by atoms with van der Waals surface area (Å²) < 4.78 is 11.0. The Kier molecular flexibility index (Phi) is 8.17. The van der Waals surface area contributed by atoms with E-state index in [1.807, 2.05) is 6.07 Å². The molecule has 2 fully saturated rings. The predicted octanol–water partition coefficient (Wildman–Crippen LogP) is 4.02. The van der Waals surface area contributed by atoms with E-state index in [1.54, 1.807) is 35.2 Å². The lowest BCUT2D eigenvalue weighted by Gasteiger charge is -2.18. The van der Waals surface area contributed by atoms with E-state index in [2.05, 4.69) is 5.32 Å². The van der Waals surface area contributed by atoms with Gasteiger partial charge in [-0.05, 0) is 60.5 Å². The van der Waals surface area contributed by atoms with Gasteiger partial charge in [0.1, 0.15) is 6.54 Å². The zero-order chi connectivity index (χ0) is 25.7. The number of ether oxygens (including phenoxy) is 2. The highest BCUT2D eigenvalue weighted by atomic mass is 35.5. The Labute approximate surface area is 217 Å². The molecule has 36 heavy (non-hydrogen) atoms. The molecule has 0 spiro atoms. The summed E-state index contributed by atoms with van der Waals surface area (Å²) in [5, 5.41) is 2.38. The number of benzene rings is 2. The average Bonchev–Trinajstić information content (AvgIpc) is 3.49. The number of rotatable bonds is 8. The number of likely N-dealkylation sites (tertiary alicyclic amines) is 1. The molecule has 11 heteroatoms. The Balaban J connectivity index is 1.44. The summed E-state index contributed by atoms with van der Waals surface area (Å²) in [6.45, 7) is 0.717. The van der Waals surface area contributed by atoms with Gasteiger partial charge in [0.05, 0.1) is 17.0 Å². The largest absolute Gasteiger partial charge is 0.493 e. The van der Waals surface area contributed by atoms with Gasteiger partial charge in [0, 0.05) is 18.8 Å². The third kappa shape index (κ3) is 6.00. The summed E-state index contributed by atoms with van der Waals surface area (Å²) >= 11 is 7.15. The molecule has 0 saturated carbocycles. The number of methoxy groups -OCH3 is 1. The minimum atomic E-state index is -0.537. The van der Waals surface area contributed by atoms with Crippen molar-refractivity contribution in [3.8, 4) is 11.5 Å². The van der Waals surface area contributed by atoms with Gasteiger partial charge in [-0.2, -0.15) is 0 Å². The zero-order valence-electron chi connectivity index (χ0n) is 19.5. The van der Waals surface area contributed by atoms with E-state index in [4.69, 9.17) is 21.1 Å². The molecule has 2 saturated heterocycles. The Morgan fingerprint density at radius 2 is 1.86 bits per heavy atom.